The van der Waals surface area contributed by atoms with E-state index in [1.165, 1.54) is 0 Å². The first-order valence-electron chi connectivity index (χ1n) is 7.95. The van der Waals surface area contributed by atoms with Gasteiger partial charge in [-0.05, 0) is 26.2 Å². The zero-order valence-electron chi connectivity index (χ0n) is 13.6. The van der Waals surface area contributed by atoms with E-state index in [0.717, 1.165) is 25.7 Å². The maximum Gasteiger partial charge on any atom is 0.304 e. The molecule has 1 atom stereocenters. The molecule has 0 bridgehead atoms. The van der Waals surface area contributed by atoms with Gasteiger partial charge in [-0.2, -0.15) is 0 Å². The second-order valence-corrected chi connectivity index (χ2v) is 5.53. The fourth-order valence-electron chi connectivity index (χ4n) is 2.11. The molecule has 0 aromatic heterocycles. The Morgan fingerprint density at radius 1 is 1.23 bits per heavy atom. The van der Waals surface area contributed by atoms with E-state index in [-0.39, 0.29) is 12.3 Å². The van der Waals surface area contributed by atoms with Gasteiger partial charge in [-0.1, -0.05) is 12.5 Å². The number of aliphatic carboxylic acids is 1. The molecule has 0 rings (SSSR count). The van der Waals surface area contributed by atoms with Crippen LogP contribution in [-0.4, -0.2) is 59.3 Å². The molecule has 3 N–H and O–H groups in total. The summed E-state index contributed by atoms with van der Waals surface area (Å²) < 4.78 is 0. The Hall–Kier alpha value is -1.40. The van der Waals surface area contributed by atoms with Crippen LogP contribution in [0.4, 0.5) is 0 Å². The van der Waals surface area contributed by atoms with Crippen molar-refractivity contribution in [3.05, 3.63) is 12.7 Å². The summed E-state index contributed by atoms with van der Waals surface area (Å²) >= 11 is 0. The molecule has 1 amide bonds. The lowest BCUT2D eigenvalue weighted by molar-refractivity contribution is -0.137. The van der Waals surface area contributed by atoms with Crippen LogP contribution in [-0.2, 0) is 9.59 Å². The van der Waals surface area contributed by atoms with Gasteiger partial charge in [0.15, 0.2) is 0 Å². The number of hydrogen-bond donors (Lipinski definition) is 3. The highest BCUT2D eigenvalue weighted by molar-refractivity contribution is 5.75. The zero-order chi connectivity index (χ0) is 16.8. The molecule has 0 spiro atoms. The molecule has 0 radical (unpaired) electrons. The van der Waals surface area contributed by atoms with Gasteiger partial charge in [0.2, 0.25) is 5.91 Å². The number of amides is 1. The van der Waals surface area contributed by atoms with Gasteiger partial charge in [-0.3, -0.25) is 14.5 Å². The monoisotopic (exact) mass is 314 g/mol. The number of carboxylic acids is 1. The number of nitrogens with one attached hydrogen (secondary N) is 1. The van der Waals surface area contributed by atoms with Crippen molar-refractivity contribution in [1.82, 2.24) is 10.2 Å². The predicted octanol–water partition coefficient (Wildman–Crippen LogP) is 1.40. The maximum atomic E-state index is 11.7. The molecule has 6 heteroatoms. The second-order valence-electron chi connectivity index (χ2n) is 5.53. The Kier molecular flexibility index (Phi) is 12.4. The third-order valence-electron chi connectivity index (χ3n) is 3.23. The Balaban J connectivity index is 3.82. The van der Waals surface area contributed by atoms with Gasteiger partial charge in [0.25, 0.3) is 0 Å². The van der Waals surface area contributed by atoms with Gasteiger partial charge < -0.3 is 15.5 Å². The standard InChI is InChI=1S/C16H30N2O4/c1-3-4-5-6-7-8-15(20)17-10-12-18(13-14(2)19)11-9-16(21)22/h3,14,19H,1,4-13H2,2H3,(H,17,20)(H,21,22). The Morgan fingerprint density at radius 2 is 1.95 bits per heavy atom. The molecule has 128 valence electrons. The quantitative estimate of drug-likeness (QED) is 0.333. The molecule has 0 aliphatic heterocycles. The predicted molar refractivity (Wildman–Crippen MR) is 86.7 cm³/mol. The van der Waals surface area contributed by atoms with E-state index in [1.54, 1.807) is 6.92 Å². The first-order valence-corrected chi connectivity index (χ1v) is 7.95. The third kappa shape index (κ3) is 13.6. The smallest absolute Gasteiger partial charge is 0.304 e. The topological polar surface area (TPSA) is 89.9 Å². The van der Waals surface area contributed by atoms with Crippen molar-refractivity contribution >= 4 is 11.9 Å². The number of nitrogens with zero attached hydrogens (tertiary/aromatic N) is 1. The molecule has 6 nitrogen and oxygen atoms in total. The van der Waals surface area contributed by atoms with E-state index < -0.39 is 12.1 Å². The zero-order valence-corrected chi connectivity index (χ0v) is 13.6. The van der Waals surface area contributed by atoms with E-state index in [2.05, 4.69) is 11.9 Å². The summed E-state index contributed by atoms with van der Waals surface area (Å²) in [5, 5.41) is 20.9. The highest BCUT2D eigenvalue weighted by atomic mass is 16.4. The third-order valence-corrected chi connectivity index (χ3v) is 3.23. The summed E-state index contributed by atoms with van der Waals surface area (Å²) in [6.45, 7) is 7.11. The molecular weight excluding hydrogens is 284 g/mol. The van der Waals surface area contributed by atoms with E-state index in [1.807, 2.05) is 11.0 Å². The van der Waals surface area contributed by atoms with Crippen LogP contribution in [0.5, 0.6) is 0 Å². The lowest BCUT2D eigenvalue weighted by Gasteiger charge is -2.23. The first kappa shape index (κ1) is 20.6. The van der Waals surface area contributed by atoms with Gasteiger partial charge in [0.1, 0.15) is 0 Å². The molecule has 0 aromatic rings. The second kappa shape index (κ2) is 13.3. The van der Waals surface area contributed by atoms with Crippen LogP contribution in [0.1, 0.15) is 45.4 Å². The molecule has 0 saturated heterocycles. The van der Waals surface area contributed by atoms with Crippen molar-refractivity contribution < 1.29 is 19.8 Å². The number of aliphatic hydroxyl groups excluding tert-OH is 1. The van der Waals surface area contributed by atoms with Gasteiger partial charge in [0, 0.05) is 32.6 Å². The molecule has 0 fully saturated rings. The number of hydrogen-bond acceptors (Lipinski definition) is 4. The molecule has 0 heterocycles. The summed E-state index contributed by atoms with van der Waals surface area (Å²) in [5.41, 5.74) is 0. The van der Waals surface area contributed by atoms with Crippen molar-refractivity contribution in [3.8, 4) is 0 Å². The summed E-state index contributed by atoms with van der Waals surface area (Å²) in [7, 11) is 0. The lowest BCUT2D eigenvalue weighted by Crippen LogP contribution is -2.39. The highest BCUT2D eigenvalue weighted by Gasteiger charge is 2.10. The molecule has 0 saturated carbocycles. The molecule has 22 heavy (non-hydrogen) atoms. The van der Waals surface area contributed by atoms with Gasteiger partial charge >= 0.3 is 5.97 Å². The lowest BCUT2D eigenvalue weighted by atomic mass is 10.1. The van der Waals surface area contributed by atoms with Crippen molar-refractivity contribution in [2.24, 2.45) is 0 Å². The van der Waals surface area contributed by atoms with Gasteiger partial charge in [-0.25, -0.2) is 0 Å². The Labute approximate surface area is 133 Å². The fourth-order valence-corrected chi connectivity index (χ4v) is 2.11. The minimum Gasteiger partial charge on any atom is -0.481 e. The minimum absolute atomic E-state index is 0.0221. The maximum absolute atomic E-state index is 11.7. The first-order chi connectivity index (χ1) is 10.5. The number of unbranched alkanes of at least 4 members (excludes halogenated alkanes) is 3. The summed E-state index contributed by atoms with van der Waals surface area (Å²) in [4.78, 5) is 24.1. The van der Waals surface area contributed by atoms with Crippen LogP contribution in [0.15, 0.2) is 12.7 Å². The number of carbonyl (C=O) groups is 2. The molecule has 0 aliphatic rings. The summed E-state index contributed by atoms with van der Waals surface area (Å²) in [5.74, 6) is -0.840. The number of carboxylic acid groups (broad SMARTS) is 1. The van der Waals surface area contributed by atoms with Gasteiger partial charge in [0.05, 0.1) is 12.5 Å². The van der Waals surface area contributed by atoms with E-state index in [4.69, 9.17) is 5.11 Å². The van der Waals surface area contributed by atoms with Crippen molar-refractivity contribution in [1.29, 1.82) is 0 Å². The molecule has 1 unspecified atom stereocenters. The number of carbonyl (C=O) groups excluding carboxylic acids is 1. The van der Waals surface area contributed by atoms with Crippen LogP contribution in [0.3, 0.4) is 0 Å². The summed E-state index contributed by atoms with van der Waals surface area (Å²) in [6, 6.07) is 0. The molecule has 0 aromatic carbocycles. The average molecular weight is 314 g/mol. The highest BCUT2D eigenvalue weighted by Crippen LogP contribution is 2.03. The van der Waals surface area contributed by atoms with Gasteiger partial charge in [-0.15, -0.1) is 6.58 Å². The minimum atomic E-state index is -0.862. The average Bonchev–Trinajstić information content (AvgIpc) is 2.43. The Bertz CT molecular complexity index is 332. The van der Waals surface area contributed by atoms with Crippen LogP contribution >= 0.6 is 0 Å². The molecule has 0 aliphatic carbocycles. The largest absolute Gasteiger partial charge is 0.481 e. The van der Waals surface area contributed by atoms with Crippen LogP contribution in [0, 0.1) is 0 Å². The number of rotatable bonds is 14. The number of allylic oxidation sites excluding steroid dienone is 1. The fraction of sp³-hybridized carbons (Fsp3) is 0.750. The summed E-state index contributed by atoms with van der Waals surface area (Å²) in [6.07, 6.45) is 5.85. The van der Waals surface area contributed by atoms with Crippen LogP contribution in [0.2, 0.25) is 0 Å². The molecular formula is C16H30N2O4. The van der Waals surface area contributed by atoms with Crippen LogP contribution < -0.4 is 5.32 Å². The Morgan fingerprint density at radius 3 is 2.55 bits per heavy atom. The normalized spacial score (nSPS) is 12.1. The number of aliphatic hydroxyl groups is 1. The van der Waals surface area contributed by atoms with E-state index in [9.17, 15) is 14.7 Å². The van der Waals surface area contributed by atoms with Crippen molar-refractivity contribution in [2.75, 3.05) is 26.2 Å². The van der Waals surface area contributed by atoms with Crippen molar-refractivity contribution in [3.63, 3.8) is 0 Å². The van der Waals surface area contributed by atoms with E-state index in [0.29, 0.717) is 32.6 Å². The SMILES string of the molecule is C=CCCCCCC(=O)NCCN(CCC(=O)O)CC(C)O. The van der Waals surface area contributed by atoms with E-state index >= 15 is 0 Å². The van der Waals surface area contributed by atoms with Crippen LogP contribution in [0.25, 0.3) is 0 Å². The van der Waals surface area contributed by atoms with Crippen molar-refractivity contribution in [2.45, 2.75) is 51.6 Å².